The van der Waals surface area contributed by atoms with Gasteiger partial charge in [0.05, 0.1) is 0 Å². The number of hydrogen-bond donors (Lipinski definition) is 1. The van der Waals surface area contributed by atoms with Gasteiger partial charge >= 0.3 is 7.69 Å². The van der Waals surface area contributed by atoms with Gasteiger partial charge in [-0.15, -0.1) is 11.3 Å². The van der Waals surface area contributed by atoms with Crippen LogP contribution in [-0.4, -0.2) is 12.7 Å². The molecule has 1 heterocycles. The lowest BCUT2D eigenvalue weighted by Gasteiger charge is -2.03. The molecule has 0 aliphatic rings. The Kier molecular flexibility index (Phi) is 5.72. The molecule has 78 valence electrons. The van der Waals surface area contributed by atoms with Crippen LogP contribution in [0.1, 0.15) is 38.2 Å². The van der Waals surface area contributed by atoms with E-state index >= 15 is 0 Å². The zero-order valence-corrected chi connectivity index (χ0v) is 9.48. The summed E-state index contributed by atoms with van der Waals surface area (Å²) in [5.74, 6) is 0. The molecule has 4 heteroatoms. The van der Waals surface area contributed by atoms with E-state index in [-0.39, 0.29) is 7.69 Å². The van der Waals surface area contributed by atoms with Crippen LogP contribution in [0.3, 0.4) is 0 Å². The quantitative estimate of drug-likeness (QED) is 0.555. The highest BCUT2D eigenvalue weighted by molar-refractivity contribution is 7.12. The highest BCUT2D eigenvalue weighted by atomic mass is 32.1. The monoisotopic (exact) mass is 212 g/mol. The Morgan fingerprint density at radius 1 is 1.43 bits per heavy atom. The predicted octanol–water partition coefficient (Wildman–Crippen LogP) is 2.51. The van der Waals surface area contributed by atoms with Gasteiger partial charge in [-0.3, -0.25) is 0 Å². The Bertz CT molecular complexity index is 250. The molecular weight excluding hydrogens is 195 g/mol. The van der Waals surface area contributed by atoms with E-state index in [1.54, 1.807) is 11.3 Å². The first kappa shape index (κ1) is 11.6. The minimum absolute atomic E-state index is 0.220. The molecule has 1 N–H and O–H groups in total. The van der Waals surface area contributed by atoms with Gasteiger partial charge in [0.1, 0.15) is 0 Å². The molecule has 0 aliphatic heterocycles. The normalized spacial score (nSPS) is 10.1. The summed E-state index contributed by atoms with van der Waals surface area (Å²) in [4.78, 5) is 0. The van der Waals surface area contributed by atoms with Gasteiger partial charge in [0.25, 0.3) is 0 Å². The first-order chi connectivity index (χ1) is 6.88. The van der Waals surface area contributed by atoms with Gasteiger partial charge in [-0.1, -0.05) is 26.2 Å². The maximum Gasteiger partial charge on any atom is 0.504 e. The molecule has 0 saturated heterocycles. The Hall–Kier alpha value is -0.475. The molecule has 1 aromatic rings. The zero-order valence-electron chi connectivity index (χ0n) is 8.66. The minimum Gasteiger partial charge on any atom is -0.531 e. The van der Waals surface area contributed by atoms with Crippen molar-refractivity contribution in [2.45, 2.75) is 39.0 Å². The number of hydrogen-bond acceptors (Lipinski definition) is 3. The largest absolute Gasteiger partial charge is 0.531 e. The van der Waals surface area contributed by atoms with Gasteiger partial charge in [-0.2, -0.15) is 0 Å². The summed E-state index contributed by atoms with van der Waals surface area (Å²) < 4.78 is 5.11. The lowest BCUT2D eigenvalue weighted by atomic mass is 10.1. The van der Waals surface area contributed by atoms with Crippen LogP contribution < -0.4 is 4.65 Å². The number of thiophene rings is 1. The van der Waals surface area contributed by atoms with E-state index in [9.17, 15) is 0 Å². The Morgan fingerprint density at radius 3 is 3.00 bits per heavy atom. The third-order valence-corrected chi connectivity index (χ3v) is 3.07. The first-order valence-electron chi connectivity index (χ1n) is 5.18. The van der Waals surface area contributed by atoms with Crippen LogP contribution in [0.25, 0.3) is 0 Å². The molecule has 0 amide bonds. The highest BCUT2D eigenvalue weighted by Gasteiger charge is 2.04. The average Bonchev–Trinajstić information content (AvgIpc) is 2.61. The summed E-state index contributed by atoms with van der Waals surface area (Å²) in [7, 11) is -0.220. The van der Waals surface area contributed by atoms with Gasteiger partial charge in [0, 0.05) is 5.56 Å². The summed E-state index contributed by atoms with van der Waals surface area (Å²) >= 11 is 1.56. The predicted molar refractivity (Wildman–Crippen MR) is 62.2 cm³/mol. The van der Waals surface area contributed by atoms with Crippen molar-refractivity contribution in [1.82, 2.24) is 0 Å². The van der Waals surface area contributed by atoms with Crippen molar-refractivity contribution in [2.24, 2.45) is 0 Å². The van der Waals surface area contributed by atoms with Crippen molar-refractivity contribution in [2.75, 3.05) is 0 Å². The van der Waals surface area contributed by atoms with E-state index in [1.807, 2.05) is 5.38 Å². The van der Waals surface area contributed by atoms with Crippen molar-refractivity contribution in [1.29, 1.82) is 0 Å². The third-order valence-electron chi connectivity index (χ3n) is 2.20. The zero-order chi connectivity index (χ0) is 10.2. The molecule has 0 spiro atoms. The number of aryl methyl sites for hydroxylation is 1. The van der Waals surface area contributed by atoms with Crippen LogP contribution in [0, 0.1) is 0 Å². The van der Waals surface area contributed by atoms with Crippen molar-refractivity contribution in [3.63, 3.8) is 0 Å². The van der Waals surface area contributed by atoms with Crippen molar-refractivity contribution >= 4 is 19.0 Å². The van der Waals surface area contributed by atoms with Crippen molar-refractivity contribution < 1.29 is 9.68 Å². The van der Waals surface area contributed by atoms with E-state index in [4.69, 9.17) is 9.68 Å². The summed E-state index contributed by atoms with van der Waals surface area (Å²) in [6.45, 7) is 2.21. The van der Waals surface area contributed by atoms with E-state index in [0.717, 1.165) is 11.5 Å². The minimum atomic E-state index is -0.220. The Labute approximate surface area is 90.2 Å². The molecule has 1 rings (SSSR count). The molecular formula is C10H17BO2S. The lowest BCUT2D eigenvalue weighted by molar-refractivity contribution is 0.457. The molecule has 0 saturated carbocycles. The van der Waals surface area contributed by atoms with Gasteiger partial charge < -0.3 is 9.68 Å². The fourth-order valence-electron chi connectivity index (χ4n) is 1.43. The smallest absolute Gasteiger partial charge is 0.504 e. The molecule has 2 nitrogen and oxygen atoms in total. The van der Waals surface area contributed by atoms with E-state index < -0.39 is 0 Å². The van der Waals surface area contributed by atoms with Gasteiger partial charge in [0.15, 0.2) is 5.06 Å². The van der Waals surface area contributed by atoms with Crippen LogP contribution in [-0.2, 0) is 6.42 Å². The maximum absolute atomic E-state index is 8.66. The molecule has 0 aliphatic carbocycles. The first-order valence-corrected chi connectivity index (χ1v) is 6.06. The highest BCUT2D eigenvalue weighted by Crippen LogP contribution is 2.27. The Balaban J connectivity index is 2.30. The molecule has 0 fully saturated rings. The summed E-state index contributed by atoms with van der Waals surface area (Å²) in [5, 5.41) is 11.5. The second kappa shape index (κ2) is 6.90. The second-order valence-electron chi connectivity index (χ2n) is 3.32. The lowest BCUT2D eigenvalue weighted by Crippen LogP contribution is -2.00. The standard InChI is InChI=1S/C10H17BO2S/c1-2-3-4-5-6-9-7-8-14-10(9)13-11-12/h7-8,11-12H,2-6H2,1H3. The van der Waals surface area contributed by atoms with Crippen LogP contribution in [0.2, 0.25) is 0 Å². The number of unbranched alkanes of at least 4 members (excludes halogenated alkanes) is 3. The van der Waals surface area contributed by atoms with Crippen LogP contribution >= 0.6 is 11.3 Å². The summed E-state index contributed by atoms with van der Waals surface area (Å²) in [6, 6.07) is 2.08. The van der Waals surface area contributed by atoms with E-state index in [0.29, 0.717) is 0 Å². The van der Waals surface area contributed by atoms with Gasteiger partial charge in [-0.25, -0.2) is 0 Å². The number of rotatable bonds is 7. The molecule has 1 aromatic heterocycles. The van der Waals surface area contributed by atoms with Crippen LogP contribution in [0.5, 0.6) is 5.06 Å². The molecule has 0 radical (unpaired) electrons. The van der Waals surface area contributed by atoms with Gasteiger partial charge in [-0.05, 0) is 24.3 Å². The Morgan fingerprint density at radius 2 is 2.29 bits per heavy atom. The fourth-order valence-corrected chi connectivity index (χ4v) is 2.23. The molecule has 14 heavy (non-hydrogen) atoms. The van der Waals surface area contributed by atoms with Crippen LogP contribution in [0.15, 0.2) is 11.4 Å². The summed E-state index contributed by atoms with van der Waals surface area (Å²) in [6.07, 6.45) is 6.14. The van der Waals surface area contributed by atoms with Gasteiger partial charge in [0.2, 0.25) is 0 Å². The fraction of sp³-hybridized carbons (Fsp3) is 0.600. The van der Waals surface area contributed by atoms with E-state index in [2.05, 4.69) is 13.0 Å². The average molecular weight is 212 g/mol. The van der Waals surface area contributed by atoms with Crippen molar-refractivity contribution in [3.8, 4) is 5.06 Å². The molecule has 0 atom stereocenters. The second-order valence-corrected chi connectivity index (χ2v) is 4.20. The maximum atomic E-state index is 8.66. The van der Waals surface area contributed by atoms with Crippen LogP contribution in [0.4, 0.5) is 0 Å². The third kappa shape index (κ3) is 3.72. The summed E-state index contributed by atoms with van der Waals surface area (Å²) in [5.41, 5.74) is 1.24. The van der Waals surface area contributed by atoms with E-state index in [1.165, 1.54) is 31.2 Å². The van der Waals surface area contributed by atoms with Crippen molar-refractivity contribution in [3.05, 3.63) is 17.0 Å². The topological polar surface area (TPSA) is 29.5 Å². The molecule has 0 aromatic carbocycles. The SMILES string of the molecule is CCCCCCc1ccsc1OBO. The molecule has 0 bridgehead atoms. The molecule has 0 unspecified atom stereocenters.